The van der Waals surface area contributed by atoms with E-state index >= 15 is 0 Å². The number of rotatable bonds is 15. The van der Waals surface area contributed by atoms with Crippen LogP contribution in [0.2, 0.25) is 0 Å². The van der Waals surface area contributed by atoms with Gasteiger partial charge in [0.1, 0.15) is 6.04 Å². The van der Waals surface area contributed by atoms with Crippen molar-refractivity contribution in [3.8, 4) is 0 Å². The third kappa shape index (κ3) is 10.0. The van der Waals surface area contributed by atoms with Crippen LogP contribution >= 0.6 is 15.9 Å². The fourth-order valence-electron chi connectivity index (χ4n) is 4.65. The largest absolute Gasteiger partial charge is 0.354 e. The Bertz CT molecular complexity index is 1380. The average Bonchev–Trinajstić information content (AvgIpc) is 2.95. The van der Waals surface area contributed by atoms with Crippen molar-refractivity contribution in [2.24, 2.45) is 0 Å². The highest BCUT2D eigenvalue weighted by Crippen LogP contribution is 2.22. The fourth-order valence-corrected chi connectivity index (χ4v) is 6.07. The van der Waals surface area contributed by atoms with Crippen molar-refractivity contribution in [2.45, 2.75) is 58.5 Å². The van der Waals surface area contributed by atoms with E-state index in [9.17, 15) is 18.0 Å². The molecule has 0 aromatic heterocycles. The van der Waals surface area contributed by atoms with Gasteiger partial charge in [0.25, 0.3) is 0 Å². The van der Waals surface area contributed by atoms with Crippen molar-refractivity contribution < 1.29 is 18.0 Å². The normalized spacial score (nSPS) is 12.0. The van der Waals surface area contributed by atoms with Crippen molar-refractivity contribution in [1.82, 2.24) is 10.2 Å². The Morgan fingerprint density at radius 2 is 1.59 bits per heavy atom. The fraction of sp³-hybridized carbons (Fsp3) is 0.375. The summed E-state index contributed by atoms with van der Waals surface area (Å²) in [5, 5.41) is 2.98. The molecule has 1 atom stereocenters. The molecule has 0 radical (unpaired) electrons. The van der Waals surface area contributed by atoms with Crippen molar-refractivity contribution in [2.75, 3.05) is 23.7 Å². The number of nitrogens with zero attached hydrogens (tertiary/aromatic N) is 2. The number of hydrogen-bond acceptors (Lipinski definition) is 4. The van der Waals surface area contributed by atoms with Crippen LogP contribution in [0.5, 0.6) is 0 Å². The predicted octanol–water partition coefficient (Wildman–Crippen LogP) is 5.72. The highest BCUT2D eigenvalue weighted by atomic mass is 79.9. The Labute approximate surface area is 253 Å². The van der Waals surface area contributed by atoms with E-state index in [1.165, 1.54) is 10.6 Å². The molecule has 41 heavy (non-hydrogen) atoms. The van der Waals surface area contributed by atoms with Gasteiger partial charge in [-0.15, -0.1) is 0 Å². The zero-order valence-electron chi connectivity index (χ0n) is 24.1. The summed E-state index contributed by atoms with van der Waals surface area (Å²) in [5.74, 6) is -0.403. The van der Waals surface area contributed by atoms with E-state index in [0.29, 0.717) is 25.1 Å². The minimum atomic E-state index is -3.55. The summed E-state index contributed by atoms with van der Waals surface area (Å²) in [7, 11) is -3.55. The summed E-state index contributed by atoms with van der Waals surface area (Å²) in [5.41, 5.74) is 3.54. The number of nitrogens with one attached hydrogen (secondary N) is 1. The number of carbonyl (C=O) groups excluding carboxylic acids is 2. The standard InChI is InChI=1S/C32H40BrN3O4S/c1-4-20-34-32(38)30(23-26-11-7-6-8-12-26)35(24-27-13-9-14-28(33)22-27)31(37)15-10-21-36(41(3,39)40)29-18-16-25(5-2)17-19-29/h6-9,11-14,16-19,22,30H,4-5,10,15,20-21,23-24H2,1-3H3,(H,34,38). The van der Waals surface area contributed by atoms with Gasteiger partial charge in [0.15, 0.2) is 0 Å². The quantitative estimate of drug-likeness (QED) is 0.230. The molecule has 3 aromatic rings. The maximum Gasteiger partial charge on any atom is 0.243 e. The number of sulfonamides is 1. The van der Waals surface area contributed by atoms with Gasteiger partial charge in [0.05, 0.1) is 11.9 Å². The van der Waals surface area contributed by atoms with E-state index in [-0.39, 0.29) is 31.3 Å². The molecule has 0 aliphatic heterocycles. The Morgan fingerprint density at radius 1 is 0.902 bits per heavy atom. The number of hydrogen-bond donors (Lipinski definition) is 1. The summed E-state index contributed by atoms with van der Waals surface area (Å²) < 4.78 is 27.5. The number of halogens is 1. The Hall–Kier alpha value is -3.17. The molecule has 0 aliphatic rings. The molecule has 3 aromatic carbocycles. The van der Waals surface area contributed by atoms with Crippen LogP contribution < -0.4 is 9.62 Å². The first-order valence-corrected chi connectivity index (χ1v) is 16.7. The second kappa shape index (κ2) is 15.7. The lowest BCUT2D eigenvalue weighted by Gasteiger charge is -2.32. The van der Waals surface area contributed by atoms with E-state index in [0.717, 1.165) is 34.0 Å². The van der Waals surface area contributed by atoms with Crippen molar-refractivity contribution in [1.29, 1.82) is 0 Å². The van der Waals surface area contributed by atoms with Gasteiger partial charge in [0.2, 0.25) is 21.8 Å². The number of amides is 2. The first kappa shape index (κ1) is 32.3. The number of benzene rings is 3. The molecule has 0 fully saturated rings. The van der Waals surface area contributed by atoms with Gasteiger partial charge in [-0.1, -0.05) is 84.4 Å². The Kier molecular flexibility index (Phi) is 12.4. The van der Waals surface area contributed by atoms with Gasteiger partial charge in [-0.2, -0.15) is 0 Å². The molecular weight excluding hydrogens is 602 g/mol. The van der Waals surface area contributed by atoms with E-state index < -0.39 is 16.1 Å². The molecule has 220 valence electrons. The van der Waals surface area contributed by atoms with Crippen LogP contribution in [0.15, 0.2) is 83.3 Å². The minimum absolute atomic E-state index is 0.0966. The maximum atomic E-state index is 13.9. The molecule has 0 heterocycles. The van der Waals surface area contributed by atoms with Crippen molar-refractivity contribution in [3.05, 3.63) is 100 Å². The summed E-state index contributed by atoms with van der Waals surface area (Å²) in [6.45, 7) is 4.96. The SMILES string of the molecule is CCCNC(=O)C(Cc1ccccc1)N(Cc1cccc(Br)c1)C(=O)CCCN(c1ccc(CC)cc1)S(C)(=O)=O. The lowest BCUT2D eigenvalue weighted by atomic mass is 10.0. The summed E-state index contributed by atoms with van der Waals surface area (Å²) in [6, 6.07) is 24.1. The second-order valence-corrected chi connectivity index (χ2v) is 12.9. The van der Waals surface area contributed by atoms with Crippen LogP contribution in [0, 0.1) is 0 Å². The second-order valence-electron chi connectivity index (χ2n) is 10.1. The average molecular weight is 643 g/mol. The molecule has 9 heteroatoms. The first-order chi connectivity index (χ1) is 19.6. The lowest BCUT2D eigenvalue weighted by Crippen LogP contribution is -2.50. The molecule has 0 aliphatic carbocycles. The van der Waals surface area contributed by atoms with Crippen molar-refractivity contribution in [3.63, 3.8) is 0 Å². The molecule has 0 saturated carbocycles. The van der Waals surface area contributed by atoms with E-state index in [1.54, 1.807) is 17.0 Å². The smallest absolute Gasteiger partial charge is 0.243 e. The highest BCUT2D eigenvalue weighted by Gasteiger charge is 2.30. The van der Waals surface area contributed by atoms with Crippen LogP contribution in [0.1, 0.15) is 49.8 Å². The molecule has 0 saturated heterocycles. The molecule has 0 bridgehead atoms. The molecular formula is C32H40BrN3O4S. The highest BCUT2D eigenvalue weighted by molar-refractivity contribution is 9.10. The predicted molar refractivity (Wildman–Crippen MR) is 169 cm³/mol. The van der Waals surface area contributed by atoms with Crippen LogP contribution in [-0.2, 0) is 39.0 Å². The van der Waals surface area contributed by atoms with Gasteiger partial charge in [-0.3, -0.25) is 13.9 Å². The monoisotopic (exact) mass is 641 g/mol. The Balaban J connectivity index is 1.86. The summed E-state index contributed by atoms with van der Waals surface area (Å²) >= 11 is 3.51. The van der Waals surface area contributed by atoms with Gasteiger partial charge in [-0.25, -0.2) is 8.42 Å². The van der Waals surface area contributed by atoms with E-state index in [2.05, 4.69) is 21.2 Å². The molecule has 2 amide bonds. The third-order valence-electron chi connectivity index (χ3n) is 6.85. The maximum absolute atomic E-state index is 13.9. The van der Waals surface area contributed by atoms with E-state index in [1.807, 2.05) is 80.6 Å². The number of aryl methyl sites for hydroxylation is 1. The molecule has 1 unspecified atom stereocenters. The lowest BCUT2D eigenvalue weighted by molar-refractivity contribution is -0.141. The topological polar surface area (TPSA) is 86.8 Å². The van der Waals surface area contributed by atoms with Gasteiger partial charge < -0.3 is 10.2 Å². The van der Waals surface area contributed by atoms with Gasteiger partial charge in [-0.05, 0) is 60.2 Å². The van der Waals surface area contributed by atoms with Crippen LogP contribution in [0.4, 0.5) is 5.69 Å². The van der Waals surface area contributed by atoms with Crippen LogP contribution in [0.25, 0.3) is 0 Å². The third-order valence-corrected chi connectivity index (χ3v) is 8.53. The molecule has 0 spiro atoms. The Morgan fingerprint density at radius 3 is 2.20 bits per heavy atom. The number of carbonyl (C=O) groups is 2. The van der Waals surface area contributed by atoms with Crippen LogP contribution in [0.3, 0.4) is 0 Å². The van der Waals surface area contributed by atoms with Crippen LogP contribution in [-0.4, -0.2) is 50.5 Å². The van der Waals surface area contributed by atoms with Gasteiger partial charge >= 0.3 is 0 Å². The van der Waals surface area contributed by atoms with Gasteiger partial charge in [0, 0.05) is 36.9 Å². The zero-order valence-corrected chi connectivity index (χ0v) is 26.5. The number of anilines is 1. The molecule has 1 N–H and O–H groups in total. The molecule has 3 rings (SSSR count). The first-order valence-electron chi connectivity index (χ1n) is 14.0. The zero-order chi connectivity index (χ0) is 29.8. The van der Waals surface area contributed by atoms with Crippen molar-refractivity contribution >= 4 is 43.5 Å². The molecule has 7 nitrogen and oxygen atoms in total. The summed E-state index contributed by atoms with van der Waals surface area (Å²) in [4.78, 5) is 29.0. The summed E-state index contributed by atoms with van der Waals surface area (Å²) in [6.07, 6.45) is 3.59. The van der Waals surface area contributed by atoms with E-state index in [4.69, 9.17) is 0 Å². The minimum Gasteiger partial charge on any atom is -0.354 e.